The van der Waals surface area contributed by atoms with Gasteiger partial charge in [0.15, 0.2) is 0 Å². The second kappa shape index (κ2) is 6.98. The molecule has 0 heterocycles. The van der Waals surface area contributed by atoms with Crippen LogP contribution in [0.4, 0.5) is 4.39 Å². The first kappa shape index (κ1) is 17.6. The molecule has 1 aromatic carbocycles. The number of aliphatic hydroxyl groups is 1. The van der Waals surface area contributed by atoms with Crippen LogP contribution in [0.1, 0.15) is 26.7 Å². The van der Waals surface area contributed by atoms with Gasteiger partial charge in [-0.05, 0) is 31.0 Å². The zero-order valence-electron chi connectivity index (χ0n) is 11.5. The Morgan fingerprint density at radius 1 is 1.35 bits per heavy atom. The Bertz CT molecular complexity index is 550. The summed E-state index contributed by atoms with van der Waals surface area (Å²) in [6.45, 7) is 3.72. The highest BCUT2D eigenvalue weighted by atomic mass is 79.9. The number of sulfonamides is 1. The lowest BCUT2D eigenvalue weighted by atomic mass is 9.84. The van der Waals surface area contributed by atoms with Crippen LogP contribution in [-0.2, 0) is 10.0 Å². The molecule has 0 atom stereocenters. The van der Waals surface area contributed by atoms with Crippen molar-refractivity contribution in [3.8, 4) is 0 Å². The molecule has 0 spiro atoms. The highest BCUT2D eigenvalue weighted by Gasteiger charge is 2.28. The third-order valence-corrected chi connectivity index (χ3v) is 5.58. The SMILES string of the molecule is CCC(CC)(CO)CNS(=O)(=O)c1ccc(Br)cc1F. The van der Waals surface area contributed by atoms with E-state index >= 15 is 0 Å². The van der Waals surface area contributed by atoms with Crippen molar-refractivity contribution in [2.45, 2.75) is 31.6 Å². The molecule has 0 bridgehead atoms. The number of aliphatic hydroxyl groups excluding tert-OH is 1. The predicted molar refractivity (Wildman–Crippen MR) is 79.4 cm³/mol. The first-order chi connectivity index (χ1) is 9.30. The summed E-state index contributed by atoms with van der Waals surface area (Å²) in [6, 6.07) is 3.78. The summed E-state index contributed by atoms with van der Waals surface area (Å²) in [5.74, 6) is -0.811. The monoisotopic (exact) mass is 367 g/mol. The van der Waals surface area contributed by atoms with E-state index in [0.717, 1.165) is 6.07 Å². The van der Waals surface area contributed by atoms with Gasteiger partial charge in [0.25, 0.3) is 0 Å². The quantitative estimate of drug-likeness (QED) is 0.778. The van der Waals surface area contributed by atoms with E-state index in [0.29, 0.717) is 17.3 Å². The molecule has 0 aliphatic carbocycles. The zero-order chi connectivity index (χ0) is 15.4. The summed E-state index contributed by atoms with van der Waals surface area (Å²) < 4.78 is 40.8. The normalized spacial score (nSPS) is 12.7. The fourth-order valence-electron chi connectivity index (χ4n) is 1.80. The maximum atomic E-state index is 13.7. The first-order valence-corrected chi connectivity index (χ1v) is 8.63. The summed E-state index contributed by atoms with van der Waals surface area (Å²) >= 11 is 3.08. The molecule has 1 rings (SSSR count). The van der Waals surface area contributed by atoms with Crippen molar-refractivity contribution in [1.82, 2.24) is 4.72 Å². The van der Waals surface area contributed by atoms with Crippen LogP contribution in [0.2, 0.25) is 0 Å². The van der Waals surface area contributed by atoms with Crippen LogP contribution in [0.15, 0.2) is 27.6 Å². The minimum Gasteiger partial charge on any atom is -0.396 e. The van der Waals surface area contributed by atoms with Crippen LogP contribution in [0, 0.1) is 11.2 Å². The fraction of sp³-hybridized carbons (Fsp3) is 0.538. The molecule has 0 radical (unpaired) electrons. The van der Waals surface area contributed by atoms with Crippen molar-refractivity contribution in [3.05, 3.63) is 28.5 Å². The summed E-state index contributed by atoms with van der Waals surface area (Å²) in [7, 11) is -3.93. The van der Waals surface area contributed by atoms with Gasteiger partial charge in [-0.25, -0.2) is 17.5 Å². The van der Waals surface area contributed by atoms with Gasteiger partial charge in [0.05, 0.1) is 0 Å². The van der Waals surface area contributed by atoms with Gasteiger partial charge >= 0.3 is 0 Å². The Morgan fingerprint density at radius 2 is 1.95 bits per heavy atom. The molecule has 7 heteroatoms. The van der Waals surface area contributed by atoms with E-state index in [1.54, 1.807) is 0 Å². The van der Waals surface area contributed by atoms with E-state index in [2.05, 4.69) is 20.7 Å². The van der Waals surface area contributed by atoms with Crippen molar-refractivity contribution < 1.29 is 17.9 Å². The highest BCUT2D eigenvalue weighted by molar-refractivity contribution is 9.10. The largest absolute Gasteiger partial charge is 0.396 e. The summed E-state index contributed by atoms with van der Waals surface area (Å²) in [5, 5.41) is 9.42. The van der Waals surface area contributed by atoms with Gasteiger partial charge in [-0.2, -0.15) is 0 Å². The van der Waals surface area contributed by atoms with E-state index in [4.69, 9.17) is 0 Å². The van der Waals surface area contributed by atoms with Gasteiger partial charge in [-0.15, -0.1) is 0 Å². The molecule has 0 saturated heterocycles. The standard InChI is InChI=1S/C13H19BrFNO3S/c1-3-13(4-2,9-17)8-16-20(18,19)12-6-5-10(14)7-11(12)15/h5-7,16-17H,3-4,8-9H2,1-2H3. The van der Waals surface area contributed by atoms with Crippen LogP contribution < -0.4 is 4.72 Å². The lowest BCUT2D eigenvalue weighted by molar-refractivity contribution is 0.119. The Labute approximate surface area is 127 Å². The number of halogens is 2. The van der Waals surface area contributed by atoms with Crippen molar-refractivity contribution in [1.29, 1.82) is 0 Å². The Morgan fingerprint density at radius 3 is 2.40 bits per heavy atom. The topological polar surface area (TPSA) is 66.4 Å². The maximum Gasteiger partial charge on any atom is 0.243 e. The second-order valence-electron chi connectivity index (χ2n) is 4.76. The number of rotatable bonds is 7. The van der Waals surface area contributed by atoms with Crippen molar-refractivity contribution >= 4 is 26.0 Å². The van der Waals surface area contributed by atoms with E-state index in [-0.39, 0.29) is 18.0 Å². The Kier molecular flexibility index (Phi) is 6.12. The molecule has 0 aliphatic rings. The molecular formula is C13H19BrFNO3S. The predicted octanol–water partition coefficient (Wildman–Crippen LogP) is 2.67. The van der Waals surface area contributed by atoms with Gasteiger partial charge < -0.3 is 5.11 Å². The van der Waals surface area contributed by atoms with Crippen LogP contribution in [0.5, 0.6) is 0 Å². The fourth-order valence-corrected chi connectivity index (χ4v) is 3.35. The van der Waals surface area contributed by atoms with E-state index in [9.17, 15) is 17.9 Å². The van der Waals surface area contributed by atoms with Crippen LogP contribution in [0.3, 0.4) is 0 Å². The number of benzene rings is 1. The molecule has 0 saturated carbocycles. The van der Waals surface area contributed by atoms with Crippen LogP contribution in [-0.4, -0.2) is 26.7 Å². The first-order valence-electron chi connectivity index (χ1n) is 6.36. The number of hydrogen-bond acceptors (Lipinski definition) is 3. The number of nitrogens with one attached hydrogen (secondary N) is 1. The molecule has 0 aromatic heterocycles. The average Bonchev–Trinajstić information content (AvgIpc) is 2.40. The molecule has 114 valence electrons. The highest BCUT2D eigenvalue weighted by Crippen LogP contribution is 2.26. The third-order valence-electron chi connectivity index (χ3n) is 3.66. The smallest absolute Gasteiger partial charge is 0.243 e. The zero-order valence-corrected chi connectivity index (χ0v) is 13.9. The molecule has 0 unspecified atom stereocenters. The molecule has 20 heavy (non-hydrogen) atoms. The van der Waals surface area contributed by atoms with Crippen LogP contribution >= 0.6 is 15.9 Å². The minimum absolute atomic E-state index is 0.0777. The molecule has 2 N–H and O–H groups in total. The molecule has 0 fully saturated rings. The van der Waals surface area contributed by atoms with Gasteiger partial charge in [-0.3, -0.25) is 0 Å². The lowest BCUT2D eigenvalue weighted by Gasteiger charge is -2.29. The van der Waals surface area contributed by atoms with Gasteiger partial charge in [0.2, 0.25) is 10.0 Å². The minimum atomic E-state index is -3.93. The second-order valence-corrected chi connectivity index (χ2v) is 7.42. The lowest BCUT2D eigenvalue weighted by Crippen LogP contribution is -2.39. The molecule has 0 amide bonds. The molecule has 1 aromatic rings. The Balaban J connectivity index is 2.96. The molecule has 4 nitrogen and oxygen atoms in total. The van der Waals surface area contributed by atoms with Gasteiger partial charge in [-0.1, -0.05) is 29.8 Å². The summed E-state index contributed by atoms with van der Waals surface area (Å²) in [4.78, 5) is -0.389. The van der Waals surface area contributed by atoms with Gasteiger partial charge in [0, 0.05) is 23.0 Å². The number of hydrogen-bond donors (Lipinski definition) is 2. The van der Waals surface area contributed by atoms with Crippen LogP contribution in [0.25, 0.3) is 0 Å². The van der Waals surface area contributed by atoms with E-state index in [1.807, 2.05) is 13.8 Å². The molecule has 0 aliphatic heterocycles. The van der Waals surface area contributed by atoms with Crippen molar-refractivity contribution in [2.75, 3.05) is 13.2 Å². The summed E-state index contributed by atoms with van der Waals surface area (Å²) in [6.07, 6.45) is 1.26. The average molecular weight is 368 g/mol. The maximum absolute atomic E-state index is 13.7. The van der Waals surface area contributed by atoms with E-state index in [1.165, 1.54) is 12.1 Å². The molecular weight excluding hydrogens is 349 g/mol. The van der Waals surface area contributed by atoms with Crippen molar-refractivity contribution in [3.63, 3.8) is 0 Å². The Hall–Kier alpha value is -0.500. The van der Waals surface area contributed by atoms with Gasteiger partial charge in [0.1, 0.15) is 10.7 Å². The van der Waals surface area contributed by atoms with E-state index < -0.39 is 21.3 Å². The summed E-state index contributed by atoms with van der Waals surface area (Å²) in [5.41, 5.74) is -0.515. The van der Waals surface area contributed by atoms with Crippen molar-refractivity contribution in [2.24, 2.45) is 5.41 Å². The third kappa shape index (κ3) is 4.00.